The van der Waals surface area contributed by atoms with E-state index >= 15 is 0 Å². The number of benzene rings is 1. The lowest BCUT2D eigenvalue weighted by Crippen LogP contribution is -2.50. The summed E-state index contributed by atoms with van der Waals surface area (Å²) in [5.41, 5.74) is 1.05. The van der Waals surface area contributed by atoms with Crippen LogP contribution < -0.4 is 10.6 Å². The van der Waals surface area contributed by atoms with Gasteiger partial charge >= 0.3 is 6.09 Å². The molecule has 1 aromatic carbocycles. The number of alkyl carbamates (subject to hydrolysis) is 1. The highest BCUT2D eigenvalue weighted by atomic mass is 16.6. The third-order valence-electron chi connectivity index (χ3n) is 4.27. The normalized spacial score (nSPS) is 13.2. The Balaban J connectivity index is 3.00. The number of carbonyl (C=O) groups is 3. The zero-order valence-corrected chi connectivity index (χ0v) is 18.7. The Morgan fingerprint density at radius 1 is 1.21 bits per heavy atom. The SMILES string of the molecule is CCCCNC(=O)C(c1cccc(C)c1)N(C)C(=O)C(C)NC(=O)OC(C)(C)C. The zero-order valence-electron chi connectivity index (χ0n) is 18.7. The fourth-order valence-corrected chi connectivity index (χ4v) is 2.85. The first-order valence-corrected chi connectivity index (χ1v) is 10.1. The van der Waals surface area contributed by atoms with Gasteiger partial charge in [-0.1, -0.05) is 43.2 Å². The summed E-state index contributed by atoms with van der Waals surface area (Å²) in [7, 11) is 1.57. The third-order valence-corrected chi connectivity index (χ3v) is 4.27. The highest BCUT2D eigenvalue weighted by Gasteiger charge is 2.32. The minimum atomic E-state index is -0.842. The first kappa shape index (κ1) is 24.5. The molecule has 0 saturated carbocycles. The Morgan fingerprint density at radius 3 is 2.41 bits per heavy atom. The first-order valence-electron chi connectivity index (χ1n) is 10.1. The fourth-order valence-electron chi connectivity index (χ4n) is 2.85. The molecule has 2 unspecified atom stereocenters. The van der Waals surface area contributed by atoms with Gasteiger partial charge < -0.3 is 20.3 Å². The highest BCUT2D eigenvalue weighted by molar-refractivity contribution is 5.91. The van der Waals surface area contributed by atoms with Crippen molar-refractivity contribution in [2.45, 2.75) is 72.1 Å². The summed E-state index contributed by atoms with van der Waals surface area (Å²) in [6.45, 7) is 11.4. The molecule has 3 amide bonds. The highest BCUT2D eigenvalue weighted by Crippen LogP contribution is 2.22. The number of nitrogens with one attached hydrogen (secondary N) is 2. The number of hydrogen-bond donors (Lipinski definition) is 2. The van der Waals surface area contributed by atoms with E-state index in [1.54, 1.807) is 34.7 Å². The summed E-state index contributed by atoms with van der Waals surface area (Å²) in [5.74, 6) is -0.627. The van der Waals surface area contributed by atoms with E-state index < -0.39 is 23.8 Å². The summed E-state index contributed by atoms with van der Waals surface area (Å²) in [4.78, 5) is 39.2. The van der Waals surface area contributed by atoms with Gasteiger partial charge in [0.15, 0.2) is 0 Å². The third kappa shape index (κ3) is 8.13. The van der Waals surface area contributed by atoms with Crippen molar-refractivity contribution >= 4 is 17.9 Å². The molecule has 7 nitrogen and oxygen atoms in total. The van der Waals surface area contributed by atoms with Crippen molar-refractivity contribution in [1.29, 1.82) is 0 Å². The smallest absolute Gasteiger partial charge is 0.408 e. The van der Waals surface area contributed by atoms with E-state index in [4.69, 9.17) is 4.74 Å². The lowest BCUT2D eigenvalue weighted by atomic mass is 10.0. The van der Waals surface area contributed by atoms with Crippen molar-refractivity contribution in [1.82, 2.24) is 15.5 Å². The maximum Gasteiger partial charge on any atom is 0.408 e. The predicted octanol–water partition coefficient (Wildman–Crippen LogP) is 3.32. The lowest BCUT2D eigenvalue weighted by Gasteiger charge is -2.30. The van der Waals surface area contributed by atoms with Gasteiger partial charge in [-0.05, 0) is 46.6 Å². The lowest BCUT2D eigenvalue weighted by molar-refractivity contribution is -0.140. The van der Waals surface area contributed by atoms with Crippen LogP contribution in [0.2, 0.25) is 0 Å². The number of amides is 3. The minimum absolute atomic E-state index is 0.246. The largest absolute Gasteiger partial charge is 0.444 e. The second kappa shape index (κ2) is 10.8. The van der Waals surface area contributed by atoms with Gasteiger partial charge in [0, 0.05) is 13.6 Å². The monoisotopic (exact) mass is 405 g/mol. The summed E-state index contributed by atoms with van der Waals surface area (Å²) < 4.78 is 5.21. The number of likely N-dealkylation sites (N-methyl/N-ethyl adjacent to an activating group) is 1. The van der Waals surface area contributed by atoms with Crippen LogP contribution >= 0.6 is 0 Å². The molecule has 0 radical (unpaired) electrons. The van der Waals surface area contributed by atoms with Crippen molar-refractivity contribution < 1.29 is 19.1 Å². The van der Waals surface area contributed by atoms with Crippen LogP contribution in [0.15, 0.2) is 24.3 Å². The van der Waals surface area contributed by atoms with E-state index in [2.05, 4.69) is 10.6 Å². The van der Waals surface area contributed by atoms with Gasteiger partial charge in [0.05, 0.1) is 0 Å². The van der Waals surface area contributed by atoms with Gasteiger partial charge in [0.1, 0.15) is 17.7 Å². The average Bonchev–Trinajstić information content (AvgIpc) is 2.59. The number of nitrogens with zero attached hydrogens (tertiary/aromatic N) is 1. The molecule has 0 aliphatic carbocycles. The number of unbranched alkanes of at least 4 members (excludes halogenated alkanes) is 1. The molecule has 0 spiro atoms. The molecule has 1 aromatic rings. The predicted molar refractivity (Wildman–Crippen MR) is 113 cm³/mol. The average molecular weight is 406 g/mol. The Labute approximate surface area is 174 Å². The number of hydrogen-bond acceptors (Lipinski definition) is 4. The molecule has 0 aliphatic heterocycles. The molecular weight excluding hydrogens is 370 g/mol. The Morgan fingerprint density at radius 2 is 1.86 bits per heavy atom. The summed E-state index contributed by atoms with van der Waals surface area (Å²) in [6, 6.07) is 5.88. The Kier molecular flexibility index (Phi) is 9.14. The van der Waals surface area contributed by atoms with Crippen LogP contribution in [0.3, 0.4) is 0 Å². The van der Waals surface area contributed by atoms with E-state index in [1.807, 2.05) is 38.1 Å². The van der Waals surface area contributed by atoms with Crippen LogP contribution in [-0.4, -0.2) is 48.0 Å². The molecule has 7 heteroatoms. The van der Waals surface area contributed by atoms with Crippen LogP contribution in [0.1, 0.15) is 64.6 Å². The van der Waals surface area contributed by atoms with Crippen molar-refractivity contribution in [2.24, 2.45) is 0 Å². The van der Waals surface area contributed by atoms with Gasteiger partial charge in [-0.3, -0.25) is 9.59 Å². The van der Waals surface area contributed by atoms with E-state index in [9.17, 15) is 14.4 Å². The number of ether oxygens (including phenoxy) is 1. The maximum atomic E-state index is 13.0. The summed E-state index contributed by atoms with van der Waals surface area (Å²) >= 11 is 0. The molecule has 0 fully saturated rings. The molecule has 0 aliphatic rings. The van der Waals surface area contributed by atoms with Crippen LogP contribution in [0.5, 0.6) is 0 Å². The molecule has 162 valence electrons. The number of rotatable bonds is 8. The van der Waals surface area contributed by atoms with Crippen LogP contribution in [-0.2, 0) is 14.3 Å². The van der Waals surface area contributed by atoms with Gasteiger partial charge in [-0.25, -0.2) is 4.79 Å². The Hall–Kier alpha value is -2.57. The Bertz CT molecular complexity index is 712. The van der Waals surface area contributed by atoms with Crippen molar-refractivity contribution in [3.8, 4) is 0 Å². The fraction of sp³-hybridized carbons (Fsp3) is 0.591. The molecule has 2 N–H and O–H groups in total. The van der Waals surface area contributed by atoms with Crippen molar-refractivity contribution in [3.63, 3.8) is 0 Å². The van der Waals surface area contributed by atoms with E-state index in [-0.39, 0.29) is 11.8 Å². The molecule has 2 atom stereocenters. The topological polar surface area (TPSA) is 87.7 Å². The van der Waals surface area contributed by atoms with E-state index in [0.29, 0.717) is 6.54 Å². The van der Waals surface area contributed by atoms with Gasteiger partial charge in [0.2, 0.25) is 11.8 Å². The van der Waals surface area contributed by atoms with Crippen LogP contribution in [0, 0.1) is 6.92 Å². The summed E-state index contributed by atoms with van der Waals surface area (Å²) in [6.07, 6.45) is 1.15. The molecule has 0 bridgehead atoms. The minimum Gasteiger partial charge on any atom is -0.444 e. The van der Waals surface area contributed by atoms with Crippen LogP contribution in [0.4, 0.5) is 4.79 Å². The van der Waals surface area contributed by atoms with Gasteiger partial charge in [0.25, 0.3) is 0 Å². The van der Waals surface area contributed by atoms with E-state index in [1.165, 1.54) is 4.90 Å². The standard InChI is InChI=1S/C22H35N3O4/c1-8-9-13-23-19(26)18(17-12-10-11-15(2)14-17)25(7)20(27)16(3)24-21(28)29-22(4,5)6/h10-12,14,16,18H,8-9,13H2,1-7H3,(H,23,26)(H,24,28). The molecule has 0 aromatic heterocycles. The van der Waals surface area contributed by atoms with Gasteiger partial charge in [-0.15, -0.1) is 0 Å². The number of aryl methyl sites for hydroxylation is 1. The quantitative estimate of drug-likeness (QED) is 0.650. The zero-order chi connectivity index (χ0) is 22.2. The molecule has 0 saturated heterocycles. The second-order valence-electron chi connectivity index (χ2n) is 8.28. The second-order valence-corrected chi connectivity index (χ2v) is 8.28. The molecule has 1 rings (SSSR count). The van der Waals surface area contributed by atoms with E-state index in [0.717, 1.165) is 24.0 Å². The van der Waals surface area contributed by atoms with Gasteiger partial charge in [-0.2, -0.15) is 0 Å². The molecule has 29 heavy (non-hydrogen) atoms. The first-order chi connectivity index (χ1) is 13.5. The van der Waals surface area contributed by atoms with Crippen molar-refractivity contribution in [3.05, 3.63) is 35.4 Å². The molecular formula is C22H35N3O4. The number of carbonyl (C=O) groups excluding carboxylic acids is 3. The molecule has 0 heterocycles. The summed E-state index contributed by atoms with van der Waals surface area (Å²) in [5, 5.41) is 5.45. The van der Waals surface area contributed by atoms with Crippen molar-refractivity contribution in [2.75, 3.05) is 13.6 Å². The van der Waals surface area contributed by atoms with Crippen LogP contribution in [0.25, 0.3) is 0 Å². The maximum absolute atomic E-state index is 13.0.